The maximum atomic E-state index is 13.4. The molecule has 5 rings (SSSR count). The molecule has 1 aliphatic carbocycles. The van der Waals surface area contributed by atoms with Gasteiger partial charge in [0, 0.05) is 25.1 Å². The van der Waals surface area contributed by atoms with Crippen molar-refractivity contribution >= 4 is 42.6 Å². The number of sulfonamides is 1. The van der Waals surface area contributed by atoms with Crippen LogP contribution in [-0.4, -0.2) is 36.7 Å². The topological polar surface area (TPSA) is 79.4 Å². The van der Waals surface area contributed by atoms with Crippen molar-refractivity contribution in [3.63, 3.8) is 0 Å². The molecule has 168 valence electrons. The number of carbonyl (C=O) groups excluding carboxylic acids is 1. The minimum Gasteiger partial charge on any atom is -0.302 e. The van der Waals surface area contributed by atoms with E-state index in [9.17, 15) is 22.0 Å². The highest BCUT2D eigenvalue weighted by molar-refractivity contribution is 7.89. The first-order chi connectivity index (χ1) is 15.3. The monoisotopic (exact) mass is 477 g/mol. The maximum absolute atomic E-state index is 13.4. The number of fused-ring (bicyclic) bond motifs is 2. The molecule has 2 aromatic carbocycles. The second-order valence-corrected chi connectivity index (χ2v) is 11.2. The van der Waals surface area contributed by atoms with Crippen molar-refractivity contribution in [2.45, 2.75) is 37.0 Å². The van der Waals surface area contributed by atoms with Crippen molar-refractivity contribution in [3.05, 3.63) is 53.1 Å². The van der Waals surface area contributed by atoms with Gasteiger partial charge in [-0.05, 0) is 61.4 Å². The fraction of sp³-hybridized carbons (Fsp3) is 0.364. The lowest BCUT2D eigenvalue weighted by molar-refractivity contribution is -0.120. The molecule has 1 aliphatic heterocycles. The summed E-state index contributed by atoms with van der Waals surface area (Å²) in [4.78, 5) is 17.1. The van der Waals surface area contributed by atoms with E-state index in [1.54, 1.807) is 12.1 Å². The zero-order chi connectivity index (χ0) is 22.5. The standard InChI is InChI=1S/C22H21F2N3O3S2/c23-17-11-19-20(12-18(17)24)31-22(25-19)26-21(28)14-6-8-27(9-7-14)32(29,30)16-5-4-13-2-1-3-15(13)10-16/h4-5,10-12,14H,1-3,6-9H2,(H,25,26,28). The van der Waals surface area contributed by atoms with Gasteiger partial charge in [-0.25, -0.2) is 22.2 Å². The van der Waals surface area contributed by atoms with Gasteiger partial charge in [-0.3, -0.25) is 4.79 Å². The molecule has 1 aromatic heterocycles. The average molecular weight is 478 g/mol. The number of hydrogen-bond donors (Lipinski definition) is 1. The molecule has 0 radical (unpaired) electrons. The lowest BCUT2D eigenvalue weighted by Gasteiger charge is -2.30. The maximum Gasteiger partial charge on any atom is 0.243 e. The summed E-state index contributed by atoms with van der Waals surface area (Å²) >= 11 is 1.07. The number of halogens is 2. The molecule has 0 atom stereocenters. The van der Waals surface area contributed by atoms with Crippen molar-refractivity contribution in [2.75, 3.05) is 18.4 Å². The van der Waals surface area contributed by atoms with E-state index in [4.69, 9.17) is 0 Å². The summed E-state index contributed by atoms with van der Waals surface area (Å²) in [5.74, 6) is -2.57. The quantitative estimate of drug-likeness (QED) is 0.614. The number of nitrogens with one attached hydrogen (secondary N) is 1. The minimum absolute atomic E-state index is 0.258. The predicted molar refractivity (Wildman–Crippen MR) is 118 cm³/mol. The minimum atomic E-state index is -3.60. The second-order valence-electron chi connectivity index (χ2n) is 8.20. The Kier molecular flexibility index (Phi) is 5.47. The van der Waals surface area contributed by atoms with Crippen LogP contribution in [0.2, 0.25) is 0 Å². The molecule has 0 unspecified atom stereocenters. The van der Waals surface area contributed by atoms with Crippen molar-refractivity contribution < 1.29 is 22.0 Å². The Morgan fingerprint density at radius 3 is 2.56 bits per heavy atom. The molecular weight excluding hydrogens is 456 g/mol. The number of amides is 1. The fourth-order valence-corrected chi connectivity index (χ4v) is 6.80. The number of aryl methyl sites for hydroxylation is 2. The summed E-state index contributed by atoms with van der Waals surface area (Å²) in [5.41, 5.74) is 2.61. The number of thiazole rings is 1. The molecule has 0 bridgehead atoms. The van der Waals surface area contributed by atoms with Gasteiger partial charge in [0.2, 0.25) is 15.9 Å². The normalized spacial score (nSPS) is 17.6. The van der Waals surface area contributed by atoms with E-state index >= 15 is 0 Å². The van der Waals surface area contributed by atoms with Crippen molar-refractivity contribution in [1.82, 2.24) is 9.29 Å². The Hall–Kier alpha value is -2.43. The van der Waals surface area contributed by atoms with E-state index in [1.807, 2.05) is 6.07 Å². The molecular formula is C22H21F2N3O3S2. The van der Waals surface area contributed by atoms with E-state index in [0.29, 0.717) is 22.4 Å². The van der Waals surface area contributed by atoms with Gasteiger partial charge in [0.1, 0.15) is 0 Å². The first kappa shape index (κ1) is 21.4. The molecule has 10 heteroatoms. The van der Waals surface area contributed by atoms with E-state index < -0.39 is 21.7 Å². The molecule has 0 saturated carbocycles. The Morgan fingerprint density at radius 2 is 1.78 bits per heavy atom. The van der Waals surface area contributed by atoms with Gasteiger partial charge in [0.05, 0.1) is 15.1 Å². The van der Waals surface area contributed by atoms with Crippen LogP contribution < -0.4 is 5.32 Å². The Morgan fingerprint density at radius 1 is 1.06 bits per heavy atom. The first-order valence-electron chi connectivity index (χ1n) is 10.5. The molecule has 3 aromatic rings. The van der Waals surface area contributed by atoms with Crippen molar-refractivity contribution in [3.8, 4) is 0 Å². The largest absolute Gasteiger partial charge is 0.302 e. The molecule has 32 heavy (non-hydrogen) atoms. The number of rotatable bonds is 4. The third-order valence-electron chi connectivity index (χ3n) is 6.19. The Labute approximate surface area is 188 Å². The summed E-state index contributed by atoms with van der Waals surface area (Å²) in [6, 6.07) is 7.43. The first-order valence-corrected chi connectivity index (χ1v) is 12.8. The smallest absolute Gasteiger partial charge is 0.243 e. The van der Waals surface area contributed by atoms with Gasteiger partial charge in [-0.2, -0.15) is 4.31 Å². The second kappa shape index (κ2) is 8.17. The third kappa shape index (κ3) is 3.91. The fourth-order valence-electron chi connectivity index (χ4n) is 4.40. The number of hydrogen-bond acceptors (Lipinski definition) is 5. The molecule has 1 amide bonds. The number of benzene rings is 2. The summed E-state index contributed by atoms with van der Waals surface area (Å²) in [7, 11) is -3.60. The highest BCUT2D eigenvalue weighted by Crippen LogP contribution is 2.31. The lowest BCUT2D eigenvalue weighted by Crippen LogP contribution is -2.41. The van der Waals surface area contributed by atoms with Crippen LogP contribution in [0.15, 0.2) is 35.2 Å². The number of aromatic nitrogens is 1. The zero-order valence-corrected chi connectivity index (χ0v) is 18.7. The molecule has 2 heterocycles. The molecule has 0 spiro atoms. The number of nitrogens with zero attached hydrogens (tertiary/aromatic N) is 2. The van der Waals surface area contributed by atoms with Crippen LogP contribution in [0.3, 0.4) is 0 Å². The van der Waals surface area contributed by atoms with Gasteiger partial charge in [-0.1, -0.05) is 17.4 Å². The van der Waals surface area contributed by atoms with Gasteiger partial charge < -0.3 is 5.32 Å². The van der Waals surface area contributed by atoms with Crippen LogP contribution in [0.5, 0.6) is 0 Å². The average Bonchev–Trinajstić information content (AvgIpc) is 3.39. The SMILES string of the molecule is O=C(Nc1nc2cc(F)c(F)cc2s1)C1CCN(S(=O)(=O)c2ccc3c(c2)CCC3)CC1. The van der Waals surface area contributed by atoms with E-state index in [0.717, 1.165) is 48.3 Å². The molecule has 1 saturated heterocycles. The zero-order valence-electron chi connectivity index (χ0n) is 17.1. The van der Waals surface area contributed by atoms with Gasteiger partial charge in [-0.15, -0.1) is 0 Å². The highest BCUT2D eigenvalue weighted by atomic mass is 32.2. The molecule has 2 aliphatic rings. The summed E-state index contributed by atoms with van der Waals surface area (Å²) < 4.78 is 54.8. The lowest BCUT2D eigenvalue weighted by atomic mass is 9.97. The highest BCUT2D eigenvalue weighted by Gasteiger charge is 2.33. The third-order valence-corrected chi connectivity index (χ3v) is 9.02. The summed E-state index contributed by atoms with van der Waals surface area (Å²) in [6.45, 7) is 0.515. The van der Waals surface area contributed by atoms with Crippen LogP contribution in [0.4, 0.5) is 13.9 Å². The number of carbonyl (C=O) groups is 1. The van der Waals surface area contributed by atoms with Crippen LogP contribution in [-0.2, 0) is 27.7 Å². The van der Waals surface area contributed by atoms with Crippen LogP contribution in [0.1, 0.15) is 30.4 Å². The molecule has 1 fully saturated rings. The summed E-state index contributed by atoms with van der Waals surface area (Å²) in [5, 5.41) is 2.98. The van der Waals surface area contributed by atoms with E-state index in [2.05, 4.69) is 10.3 Å². The Balaban J connectivity index is 1.24. The Bertz CT molecular complexity index is 1280. The van der Waals surface area contributed by atoms with Crippen molar-refractivity contribution in [1.29, 1.82) is 0 Å². The van der Waals surface area contributed by atoms with Crippen molar-refractivity contribution in [2.24, 2.45) is 5.92 Å². The molecule has 1 N–H and O–H groups in total. The van der Waals surface area contributed by atoms with Crippen LogP contribution in [0.25, 0.3) is 10.2 Å². The van der Waals surface area contributed by atoms with Crippen LogP contribution >= 0.6 is 11.3 Å². The number of piperidine rings is 1. The van der Waals surface area contributed by atoms with Gasteiger partial charge in [0.15, 0.2) is 16.8 Å². The molecule has 6 nitrogen and oxygen atoms in total. The van der Waals surface area contributed by atoms with E-state index in [-0.39, 0.29) is 35.6 Å². The predicted octanol–water partition coefficient (Wildman–Crippen LogP) is 4.10. The number of anilines is 1. The van der Waals surface area contributed by atoms with E-state index in [1.165, 1.54) is 9.87 Å². The van der Waals surface area contributed by atoms with Gasteiger partial charge in [0.25, 0.3) is 0 Å². The van der Waals surface area contributed by atoms with Gasteiger partial charge >= 0.3 is 0 Å². The summed E-state index contributed by atoms with van der Waals surface area (Å²) in [6.07, 6.45) is 3.74. The van der Waals surface area contributed by atoms with Crippen LogP contribution in [0, 0.1) is 17.6 Å².